The third-order valence-corrected chi connectivity index (χ3v) is 3.50. The molecular formula is C16H23FIN5O. The second-order valence-electron chi connectivity index (χ2n) is 5.91. The molecule has 0 aliphatic rings. The van der Waals surface area contributed by atoms with Gasteiger partial charge in [0.15, 0.2) is 11.8 Å². The molecule has 0 spiro atoms. The maximum atomic E-state index is 13.4. The minimum absolute atomic E-state index is 0. The van der Waals surface area contributed by atoms with E-state index in [-0.39, 0.29) is 35.2 Å². The zero-order valence-electron chi connectivity index (χ0n) is 14.3. The van der Waals surface area contributed by atoms with Crippen LogP contribution in [-0.4, -0.2) is 29.7 Å². The smallest absolute Gasteiger partial charge is 0.246 e. The highest BCUT2D eigenvalue weighted by molar-refractivity contribution is 14.0. The standard InChI is InChI=1S/C16H22FN5O.HI/c1-11-21-14(23-22-11)9-19-15(18-4)20-10-16(2,3)12-6-5-7-13(17)8-12;/h5-8H,9-10H2,1-4H3,(H2,18,19,20);1H. The third kappa shape index (κ3) is 5.73. The van der Waals surface area contributed by atoms with Crippen LogP contribution in [0.5, 0.6) is 0 Å². The summed E-state index contributed by atoms with van der Waals surface area (Å²) in [7, 11) is 1.68. The van der Waals surface area contributed by atoms with E-state index >= 15 is 0 Å². The van der Waals surface area contributed by atoms with E-state index in [0.717, 1.165) is 5.56 Å². The quantitative estimate of drug-likeness (QED) is 0.419. The topological polar surface area (TPSA) is 75.3 Å². The molecule has 0 aliphatic heterocycles. The Kier molecular flexibility index (Phi) is 7.59. The van der Waals surface area contributed by atoms with Gasteiger partial charge >= 0.3 is 0 Å². The van der Waals surface area contributed by atoms with E-state index in [1.165, 1.54) is 6.07 Å². The van der Waals surface area contributed by atoms with Gasteiger partial charge in [-0.2, -0.15) is 4.98 Å². The summed E-state index contributed by atoms with van der Waals surface area (Å²) in [5.41, 5.74) is 0.675. The summed E-state index contributed by atoms with van der Waals surface area (Å²) in [5.74, 6) is 1.47. The van der Waals surface area contributed by atoms with Crippen LogP contribution in [0.25, 0.3) is 0 Å². The fourth-order valence-electron chi connectivity index (χ4n) is 2.11. The van der Waals surface area contributed by atoms with Gasteiger partial charge in [0, 0.05) is 19.0 Å². The van der Waals surface area contributed by atoms with Crippen molar-refractivity contribution in [3.05, 3.63) is 47.4 Å². The predicted octanol–water partition coefficient (Wildman–Crippen LogP) is 2.78. The Bertz CT molecular complexity index is 687. The van der Waals surface area contributed by atoms with Crippen LogP contribution in [0.15, 0.2) is 33.8 Å². The van der Waals surface area contributed by atoms with Gasteiger partial charge in [-0.15, -0.1) is 24.0 Å². The van der Waals surface area contributed by atoms with Gasteiger partial charge in [0.2, 0.25) is 5.89 Å². The van der Waals surface area contributed by atoms with Crippen molar-refractivity contribution >= 4 is 29.9 Å². The van der Waals surface area contributed by atoms with E-state index in [9.17, 15) is 4.39 Å². The van der Waals surface area contributed by atoms with E-state index in [4.69, 9.17) is 4.52 Å². The summed E-state index contributed by atoms with van der Waals surface area (Å²) in [4.78, 5) is 8.27. The molecule has 0 amide bonds. The Morgan fingerprint density at radius 2 is 2.08 bits per heavy atom. The molecular weight excluding hydrogens is 424 g/mol. The number of nitrogens with zero attached hydrogens (tertiary/aromatic N) is 3. The van der Waals surface area contributed by atoms with Crippen LogP contribution in [0.3, 0.4) is 0 Å². The van der Waals surface area contributed by atoms with Crippen LogP contribution in [-0.2, 0) is 12.0 Å². The Hall–Kier alpha value is -1.71. The highest BCUT2D eigenvalue weighted by Crippen LogP contribution is 2.22. The molecule has 0 saturated carbocycles. The first kappa shape index (κ1) is 20.3. The molecule has 24 heavy (non-hydrogen) atoms. The minimum atomic E-state index is -0.249. The van der Waals surface area contributed by atoms with Gasteiger partial charge in [0.25, 0.3) is 0 Å². The number of aromatic nitrogens is 2. The summed E-state index contributed by atoms with van der Waals surface area (Å²) in [6.07, 6.45) is 0. The van der Waals surface area contributed by atoms with Gasteiger partial charge in [-0.05, 0) is 24.6 Å². The fourth-order valence-corrected chi connectivity index (χ4v) is 2.11. The lowest BCUT2D eigenvalue weighted by Gasteiger charge is -2.26. The number of hydrogen-bond donors (Lipinski definition) is 2. The molecule has 1 heterocycles. The zero-order chi connectivity index (χ0) is 16.9. The molecule has 0 radical (unpaired) electrons. The lowest BCUT2D eigenvalue weighted by atomic mass is 9.84. The van der Waals surface area contributed by atoms with Crippen molar-refractivity contribution in [2.75, 3.05) is 13.6 Å². The van der Waals surface area contributed by atoms with Crippen molar-refractivity contribution in [1.82, 2.24) is 20.8 Å². The van der Waals surface area contributed by atoms with Crippen LogP contribution in [0.2, 0.25) is 0 Å². The molecule has 1 aromatic carbocycles. The molecule has 0 unspecified atom stereocenters. The monoisotopic (exact) mass is 447 g/mol. The molecule has 2 aromatic rings. The van der Waals surface area contributed by atoms with E-state index < -0.39 is 0 Å². The number of benzene rings is 1. The molecule has 0 aliphatic carbocycles. The predicted molar refractivity (Wildman–Crippen MR) is 102 cm³/mol. The minimum Gasteiger partial charge on any atom is -0.356 e. The van der Waals surface area contributed by atoms with Crippen molar-refractivity contribution < 1.29 is 8.91 Å². The fraction of sp³-hybridized carbons (Fsp3) is 0.438. The highest BCUT2D eigenvalue weighted by atomic mass is 127. The van der Waals surface area contributed by atoms with Gasteiger partial charge in [-0.25, -0.2) is 4.39 Å². The molecule has 6 nitrogen and oxygen atoms in total. The van der Waals surface area contributed by atoms with Crippen LogP contribution in [0, 0.1) is 12.7 Å². The molecule has 0 fully saturated rings. The maximum absolute atomic E-state index is 13.4. The first-order valence-electron chi connectivity index (χ1n) is 7.40. The lowest BCUT2D eigenvalue weighted by molar-refractivity contribution is 0.371. The summed E-state index contributed by atoms with van der Waals surface area (Å²) in [6, 6.07) is 6.64. The second-order valence-corrected chi connectivity index (χ2v) is 5.91. The molecule has 0 saturated heterocycles. The number of rotatable bonds is 5. The molecule has 132 valence electrons. The number of aliphatic imine (C=N–C) groups is 1. The average Bonchev–Trinajstić information content (AvgIpc) is 2.93. The second kappa shape index (κ2) is 8.95. The Labute approximate surface area is 158 Å². The summed E-state index contributed by atoms with van der Waals surface area (Å²) >= 11 is 0. The molecule has 0 atom stereocenters. The highest BCUT2D eigenvalue weighted by Gasteiger charge is 2.21. The van der Waals surface area contributed by atoms with Crippen molar-refractivity contribution in [1.29, 1.82) is 0 Å². The molecule has 2 rings (SSSR count). The van der Waals surface area contributed by atoms with Crippen molar-refractivity contribution in [3.63, 3.8) is 0 Å². The van der Waals surface area contributed by atoms with Crippen molar-refractivity contribution in [2.24, 2.45) is 4.99 Å². The molecule has 0 bridgehead atoms. The SMILES string of the molecule is CN=C(NCc1nc(C)no1)NCC(C)(C)c1cccc(F)c1.I. The van der Waals surface area contributed by atoms with Crippen LogP contribution < -0.4 is 10.6 Å². The number of aryl methyl sites for hydroxylation is 1. The summed E-state index contributed by atoms with van der Waals surface area (Å²) in [5, 5.41) is 10.1. The largest absolute Gasteiger partial charge is 0.356 e. The van der Waals surface area contributed by atoms with Gasteiger partial charge in [-0.1, -0.05) is 31.1 Å². The zero-order valence-corrected chi connectivity index (χ0v) is 16.6. The number of halogens is 2. The number of hydrogen-bond acceptors (Lipinski definition) is 4. The van der Waals surface area contributed by atoms with Gasteiger partial charge in [0.05, 0.1) is 6.54 Å². The van der Waals surface area contributed by atoms with Gasteiger partial charge in [-0.3, -0.25) is 4.99 Å². The third-order valence-electron chi connectivity index (χ3n) is 3.50. The van der Waals surface area contributed by atoms with Crippen molar-refractivity contribution in [2.45, 2.75) is 32.7 Å². The van der Waals surface area contributed by atoms with Crippen LogP contribution in [0.1, 0.15) is 31.1 Å². The first-order chi connectivity index (χ1) is 10.9. The van der Waals surface area contributed by atoms with E-state index in [0.29, 0.717) is 30.8 Å². The number of guanidine groups is 1. The van der Waals surface area contributed by atoms with E-state index in [2.05, 4.69) is 25.8 Å². The lowest BCUT2D eigenvalue weighted by Crippen LogP contribution is -2.43. The summed E-state index contributed by atoms with van der Waals surface area (Å²) < 4.78 is 18.4. The van der Waals surface area contributed by atoms with Crippen LogP contribution in [0.4, 0.5) is 4.39 Å². The Morgan fingerprint density at radius 3 is 2.67 bits per heavy atom. The Morgan fingerprint density at radius 1 is 1.33 bits per heavy atom. The Balaban J connectivity index is 0.00000288. The average molecular weight is 447 g/mol. The van der Waals surface area contributed by atoms with E-state index in [1.807, 2.05) is 19.9 Å². The van der Waals surface area contributed by atoms with Crippen LogP contribution >= 0.6 is 24.0 Å². The van der Waals surface area contributed by atoms with Gasteiger partial charge in [0.1, 0.15) is 5.82 Å². The first-order valence-corrected chi connectivity index (χ1v) is 7.40. The van der Waals surface area contributed by atoms with Crippen molar-refractivity contribution in [3.8, 4) is 0 Å². The number of nitrogens with one attached hydrogen (secondary N) is 2. The molecule has 8 heteroatoms. The molecule has 1 aromatic heterocycles. The van der Waals surface area contributed by atoms with Gasteiger partial charge < -0.3 is 15.2 Å². The molecule has 2 N–H and O–H groups in total. The maximum Gasteiger partial charge on any atom is 0.246 e. The normalized spacial score (nSPS) is 11.8. The van der Waals surface area contributed by atoms with E-state index in [1.54, 1.807) is 26.1 Å². The summed E-state index contributed by atoms with van der Waals surface area (Å²) in [6.45, 7) is 6.84.